The van der Waals surface area contributed by atoms with Crippen molar-refractivity contribution in [1.82, 2.24) is 0 Å². The van der Waals surface area contributed by atoms with Gasteiger partial charge in [-0.15, -0.1) is 0 Å². The Labute approximate surface area is 109 Å². The molecule has 0 bridgehead atoms. The van der Waals surface area contributed by atoms with E-state index in [9.17, 15) is 18.0 Å². The minimum absolute atomic E-state index is 0.0225. The molecule has 1 aromatic rings. The molecule has 0 spiro atoms. The molecule has 0 aromatic heterocycles. The van der Waals surface area contributed by atoms with Gasteiger partial charge in [0, 0.05) is 12.8 Å². The summed E-state index contributed by atoms with van der Waals surface area (Å²) in [6, 6.07) is 7.38. The van der Waals surface area contributed by atoms with Gasteiger partial charge in [0.05, 0.1) is 13.0 Å². The van der Waals surface area contributed by atoms with E-state index in [1.807, 2.05) is 24.3 Å². The van der Waals surface area contributed by atoms with Crippen molar-refractivity contribution in [3.05, 3.63) is 29.8 Å². The van der Waals surface area contributed by atoms with Crippen LogP contribution in [-0.4, -0.2) is 18.6 Å². The summed E-state index contributed by atoms with van der Waals surface area (Å²) in [6.45, 7) is 0.508. The maximum Gasteiger partial charge on any atom is 0.389 e. The first-order chi connectivity index (χ1) is 8.96. The first-order valence-corrected chi connectivity index (χ1v) is 6.26. The summed E-state index contributed by atoms with van der Waals surface area (Å²) < 4.78 is 41.6. The number of hydrogen-bond donors (Lipinski definition) is 0. The van der Waals surface area contributed by atoms with Gasteiger partial charge in [-0.2, -0.15) is 13.2 Å². The van der Waals surface area contributed by atoms with Crippen LogP contribution >= 0.6 is 0 Å². The summed E-state index contributed by atoms with van der Waals surface area (Å²) in [7, 11) is 0. The highest BCUT2D eigenvalue weighted by Gasteiger charge is 2.29. The van der Waals surface area contributed by atoms with Gasteiger partial charge < -0.3 is 4.74 Å². The molecule has 0 saturated heterocycles. The van der Waals surface area contributed by atoms with E-state index in [0.29, 0.717) is 13.0 Å². The number of para-hydroxylation sites is 1. The number of ketones is 1. The number of Topliss-reactive ketones (excluding diaryl/α,β-unsaturated/α-hetero) is 1. The van der Waals surface area contributed by atoms with Gasteiger partial charge in [-0.05, 0) is 24.0 Å². The van der Waals surface area contributed by atoms with Gasteiger partial charge in [-0.1, -0.05) is 18.2 Å². The fourth-order valence-corrected chi connectivity index (χ4v) is 2.29. The maximum absolute atomic E-state index is 12.1. The van der Waals surface area contributed by atoms with Crippen LogP contribution in [0.1, 0.15) is 37.2 Å². The quantitative estimate of drug-likeness (QED) is 0.832. The third-order valence-corrected chi connectivity index (χ3v) is 3.24. The molecule has 104 valence electrons. The molecule has 2 nitrogen and oxygen atoms in total. The summed E-state index contributed by atoms with van der Waals surface area (Å²) in [5.41, 5.74) is 0.925. The van der Waals surface area contributed by atoms with E-state index in [0.717, 1.165) is 11.3 Å². The van der Waals surface area contributed by atoms with Crippen LogP contribution in [0.2, 0.25) is 0 Å². The summed E-state index contributed by atoms with van der Waals surface area (Å²) in [6.07, 6.45) is -4.88. The van der Waals surface area contributed by atoms with Crippen molar-refractivity contribution in [2.45, 2.75) is 37.8 Å². The molecule has 0 amide bonds. The van der Waals surface area contributed by atoms with Crippen LogP contribution < -0.4 is 4.74 Å². The van der Waals surface area contributed by atoms with Crippen molar-refractivity contribution in [3.8, 4) is 5.75 Å². The average Bonchev–Trinajstić information content (AvgIpc) is 2.36. The van der Waals surface area contributed by atoms with Crippen molar-refractivity contribution in [3.63, 3.8) is 0 Å². The molecule has 0 N–H and O–H groups in total. The van der Waals surface area contributed by atoms with Crippen molar-refractivity contribution in [1.29, 1.82) is 0 Å². The average molecular weight is 272 g/mol. The van der Waals surface area contributed by atoms with Gasteiger partial charge in [-0.25, -0.2) is 0 Å². The predicted octanol–water partition coefficient (Wildman–Crippen LogP) is 3.85. The molecule has 1 heterocycles. The zero-order valence-corrected chi connectivity index (χ0v) is 10.4. The highest BCUT2D eigenvalue weighted by molar-refractivity contribution is 5.79. The second kappa shape index (κ2) is 5.63. The Hall–Kier alpha value is -1.52. The Bertz CT molecular complexity index is 454. The fourth-order valence-electron chi connectivity index (χ4n) is 2.29. The molecule has 0 aliphatic carbocycles. The van der Waals surface area contributed by atoms with Gasteiger partial charge in [-0.3, -0.25) is 4.79 Å². The molecule has 0 radical (unpaired) electrons. The van der Waals surface area contributed by atoms with Crippen molar-refractivity contribution < 1.29 is 22.7 Å². The van der Waals surface area contributed by atoms with E-state index in [1.165, 1.54) is 0 Å². The SMILES string of the molecule is O=C(CCC(F)(F)F)CC1CCOc2ccccc21. The van der Waals surface area contributed by atoms with Gasteiger partial charge in [0.25, 0.3) is 0 Å². The molecule has 0 saturated carbocycles. The van der Waals surface area contributed by atoms with Crippen molar-refractivity contribution >= 4 is 5.78 Å². The number of alkyl halides is 3. The third kappa shape index (κ3) is 3.98. The standard InChI is InChI=1S/C14H15F3O2/c15-14(16,17)7-5-11(18)9-10-6-8-19-13-4-2-1-3-12(10)13/h1-4,10H,5-9H2. The largest absolute Gasteiger partial charge is 0.493 e. The lowest BCUT2D eigenvalue weighted by molar-refractivity contribution is -0.143. The van der Waals surface area contributed by atoms with Crippen molar-refractivity contribution in [2.75, 3.05) is 6.61 Å². The predicted molar refractivity (Wildman–Crippen MR) is 64.2 cm³/mol. The number of halogens is 3. The summed E-state index contributed by atoms with van der Waals surface area (Å²) in [5.74, 6) is 0.382. The molecule has 1 aliphatic heterocycles. The number of carbonyl (C=O) groups is 1. The first kappa shape index (κ1) is 13.9. The topological polar surface area (TPSA) is 26.3 Å². The van der Waals surface area contributed by atoms with Crippen LogP contribution in [0.4, 0.5) is 13.2 Å². The molecule has 5 heteroatoms. The molecule has 19 heavy (non-hydrogen) atoms. The number of carbonyl (C=O) groups excluding carboxylic acids is 1. The minimum Gasteiger partial charge on any atom is -0.493 e. The minimum atomic E-state index is -4.26. The Morgan fingerprint density at radius 2 is 2.05 bits per heavy atom. The Kier molecular flexibility index (Phi) is 4.12. The second-order valence-corrected chi connectivity index (χ2v) is 4.73. The lowest BCUT2D eigenvalue weighted by Crippen LogP contribution is -2.18. The Morgan fingerprint density at radius 1 is 1.32 bits per heavy atom. The number of benzene rings is 1. The smallest absolute Gasteiger partial charge is 0.389 e. The normalized spacial score (nSPS) is 18.6. The van der Waals surface area contributed by atoms with Gasteiger partial charge in [0.1, 0.15) is 11.5 Å². The third-order valence-electron chi connectivity index (χ3n) is 3.24. The van der Waals surface area contributed by atoms with Gasteiger partial charge in [0.2, 0.25) is 0 Å². The van der Waals surface area contributed by atoms with E-state index >= 15 is 0 Å². The molecule has 0 fully saturated rings. The van der Waals surface area contributed by atoms with E-state index in [-0.39, 0.29) is 18.1 Å². The number of ether oxygens (including phenoxy) is 1. The van der Waals surface area contributed by atoms with E-state index in [2.05, 4.69) is 0 Å². The lowest BCUT2D eigenvalue weighted by Gasteiger charge is -2.25. The van der Waals surface area contributed by atoms with E-state index in [4.69, 9.17) is 4.74 Å². The molecule has 2 rings (SSSR count). The van der Waals surface area contributed by atoms with Crippen LogP contribution in [0.25, 0.3) is 0 Å². The molecular weight excluding hydrogens is 257 g/mol. The van der Waals surface area contributed by atoms with Crippen LogP contribution in [0.3, 0.4) is 0 Å². The van der Waals surface area contributed by atoms with Crippen LogP contribution in [0.15, 0.2) is 24.3 Å². The van der Waals surface area contributed by atoms with Crippen molar-refractivity contribution in [2.24, 2.45) is 0 Å². The highest BCUT2D eigenvalue weighted by atomic mass is 19.4. The van der Waals surface area contributed by atoms with E-state index < -0.39 is 19.0 Å². The molecule has 1 aromatic carbocycles. The highest BCUT2D eigenvalue weighted by Crippen LogP contribution is 2.36. The molecular formula is C14H15F3O2. The zero-order valence-electron chi connectivity index (χ0n) is 10.4. The Balaban J connectivity index is 1.95. The Morgan fingerprint density at radius 3 is 2.79 bits per heavy atom. The zero-order chi connectivity index (χ0) is 13.9. The molecule has 1 unspecified atom stereocenters. The number of rotatable bonds is 4. The first-order valence-electron chi connectivity index (χ1n) is 6.26. The van der Waals surface area contributed by atoms with Crippen LogP contribution in [0.5, 0.6) is 5.75 Å². The van der Waals surface area contributed by atoms with Gasteiger partial charge >= 0.3 is 6.18 Å². The van der Waals surface area contributed by atoms with Crippen LogP contribution in [0, 0.1) is 0 Å². The molecule has 1 atom stereocenters. The molecule has 1 aliphatic rings. The summed E-state index contributed by atoms with van der Waals surface area (Å²) in [5, 5.41) is 0. The number of hydrogen-bond acceptors (Lipinski definition) is 2. The lowest BCUT2D eigenvalue weighted by atomic mass is 9.88. The van der Waals surface area contributed by atoms with Crippen LogP contribution in [-0.2, 0) is 4.79 Å². The maximum atomic E-state index is 12.1. The summed E-state index contributed by atoms with van der Waals surface area (Å²) >= 11 is 0. The second-order valence-electron chi connectivity index (χ2n) is 4.73. The van der Waals surface area contributed by atoms with Gasteiger partial charge in [0.15, 0.2) is 0 Å². The van der Waals surface area contributed by atoms with E-state index in [1.54, 1.807) is 0 Å². The monoisotopic (exact) mass is 272 g/mol. The fraction of sp³-hybridized carbons (Fsp3) is 0.500. The summed E-state index contributed by atoms with van der Waals surface area (Å²) in [4.78, 5) is 11.6. The number of fused-ring (bicyclic) bond motifs is 1.